The first-order valence-corrected chi connectivity index (χ1v) is 15.5. The second-order valence-corrected chi connectivity index (χ2v) is 9.36. The molecule has 0 amide bonds. The third-order valence-electron chi connectivity index (χ3n) is 2.49. The number of ether oxygens (including phenoxy) is 2. The molecule has 6 nitrogen and oxygen atoms in total. The fourth-order valence-electron chi connectivity index (χ4n) is 1.43. The molecule has 2 aromatic heterocycles. The second-order valence-electron chi connectivity index (χ2n) is 4.28. The van der Waals surface area contributed by atoms with Crippen molar-refractivity contribution in [1.29, 1.82) is 0 Å². The van der Waals surface area contributed by atoms with Crippen LogP contribution in [0.15, 0.2) is 46.7 Å². The minimum absolute atomic E-state index is 0.361. The average molecular weight is 554 g/mol. The van der Waals surface area contributed by atoms with E-state index in [9.17, 15) is 9.59 Å². The molecule has 2 aromatic rings. The SMILES string of the molecule is CCOC(=O)c1ccc([S-])nc1.CCOC(=O)c1ccc([S-])nc1.[Cl][Sn+2][Cl]. The summed E-state index contributed by atoms with van der Waals surface area (Å²) in [4.78, 5) is 29.7. The Morgan fingerprint density at radius 2 is 1.22 bits per heavy atom. The normalized spacial score (nSPS) is 8.74. The van der Waals surface area contributed by atoms with Crippen LogP contribution < -0.4 is 0 Å². The molecule has 0 N–H and O–H groups in total. The van der Waals surface area contributed by atoms with Crippen molar-refractivity contribution in [2.45, 2.75) is 23.9 Å². The van der Waals surface area contributed by atoms with Crippen LogP contribution in [0.4, 0.5) is 0 Å². The summed E-state index contributed by atoms with van der Waals surface area (Å²) in [5, 5.41) is 0.950. The topological polar surface area (TPSA) is 78.4 Å². The van der Waals surface area contributed by atoms with Gasteiger partial charge in [-0.2, -0.15) is 0 Å². The van der Waals surface area contributed by atoms with Crippen molar-refractivity contribution in [3.63, 3.8) is 0 Å². The van der Waals surface area contributed by atoms with E-state index in [4.69, 9.17) is 52.6 Å². The van der Waals surface area contributed by atoms with Crippen LogP contribution in [0.25, 0.3) is 0 Å². The van der Waals surface area contributed by atoms with E-state index in [0.29, 0.717) is 34.4 Å². The minimum atomic E-state index is -0.826. The van der Waals surface area contributed by atoms with Crippen LogP contribution in [0.5, 0.6) is 0 Å². The van der Waals surface area contributed by atoms with Gasteiger partial charge in [-0.3, -0.25) is 9.97 Å². The average Bonchev–Trinajstić information content (AvgIpc) is 2.64. The molecule has 0 aliphatic carbocycles. The molecule has 0 saturated heterocycles. The third kappa shape index (κ3) is 12.2. The number of hydrogen-bond acceptors (Lipinski definition) is 8. The van der Waals surface area contributed by atoms with E-state index < -0.39 is 18.9 Å². The Morgan fingerprint density at radius 3 is 1.44 bits per heavy atom. The number of pyridine rings is 2. The molecule has 144 valence electrons. The molecular weight excluding hydrogens is 538 g/mol. The van der Waals surface area contributed by atoms with Crippen LogP contribution >= 0.6 is 17.8 Å². The van der Waals surface area contributed by atoms with Gasteiger partial charge in [0.1, 0.15) is 0 Å². The predicted octanol–water partition coefficient (Wildman–Crippen LogP) is 3.33. The van der Waals surface area contributed by atoms with Gasteiger partial charge in [0.2, 0.25) is 0 Å². The molecule has 0 spiro atoms. The standard InChI is InChI=1S/2C8H9NO2S.2ClH.Sn/c2*1-2-11-8(10)6-3-4-7(12)9-5-6;;;/h2*3-5H,2H2,1H3,(H,9,12);2*1H;/q;;;;+4/p-4. The summed E-state index contributed by atoms with van der Waals surface area (Å²) in [6.07, 6.45) is 2.83. The Balaban J connectivity index is 0.000000438. The first-order chi connectivity index (χ1) is 12.9. The van der Waals surface area contributed by atoms with Crippen LogP contribution in [0, 0.1) is 0 Å². The van der Waals surface area contributed by atoms with E-state index in [1.807, 2.05) is 0 Å². The van der Waals surface area contributed by atoms with Crippen molar-refractivity contribution < 1.29 is 19.1 Å². The molecule has 11 heteroatoms. The van der Waals surface area contributed by atoms with E-state index in [1.54, 1.807) is 38.1 Å². The molecule has 0 unspecified atom stereocenters. The maximum absolute atomic E-state index is 11.1. The van der Waals surface area contributed by atoms with Gasteiger partial charge in [-0.25, -0.2) is 9.59 Å². The van der Waals surface area contributed by atoms with E-state index in [-0.39, 0.29) is 11.9 Å². The first-order valence-electron chi connectivity index (χ1n) is 7.46. The number of esters is 2. The zero-order chi connectivity index (χ0) is 20.7. The maximum atomic E-state index is 11.1. The van der Waals surface area contributed by atoms with Crippen LogP contribution in [0.2, 0.25) is 0 Å². The van der Waals surface area contributed by atoms with Gasteiger partial charge in [-0.1, -0.05) is 22.2 Å². The van der Waals surface area contributed by atoms with E-state index in [2.05, 4.69) is 9.97 Å². The molecule has 0 bridgehead atoms. The molecule has 27 heavy (non-hydrogen) atoms. The summed E-state index contributed by atoms with van der Waals surface area (Å²) >= 11 is 8.69. The predicted molar refractivity (Wildman–Crippen MR) is 109 cm³/mol. The Labute approximate surface area is 186 Å². The Bertz CT molecular complexity index is 632. The molecule has 0 radical (unpaired) electrons. The van der Waals surface area contributed by atoms with Gasteiger partial charge in [-0.15, -0.1) is 0 Å². The Morgan fingerprint density at radius 1 is 0.889 bits per heavy atom. The van der Waals surface area contributed by atoms with Crippen molar-refractivity contribution in [2.75, 3.05) is 13.2 Å². The van der Waals surface area contributed by atoms with Gasteiger partial charge in [0.15, 0.2) is 0 Å². The zero-order valence-electron chi connectivity index (χ0n) is 14.5. The van der Waals surface area contributed by atoms with E-state index >= 15 is 0 Å². The number of halogens is 2. The van der Waals surface area contributed by atoms with Crippen LogP contribution in [-0.4, -0.2) is 54.0 Å². The third-order valence-corrected chi connectivity index (χ3v) is 2.98. The number of carbonyl (C=O) groups is 2. The van der Waals surface area contributed by atoms with Crippen LogP contribution in [0.3, 0.4) is 0 Å². The molecular formula is C16H16Cl2N2O4S2Sn. The summed E-state index contributed by atoms with van der Waals surface area (Å²) in [7, 11) is 9.87. The molecule has 0 saturated carbocycles. The summed E-state index contributed by atoms with van der Waals surface area (Å²) in [5.74, 6) is -0.722. The van der Waals surface area contributed by atoms with Crippen LogP contribution in [0.1, 0.15) is 34.6 Å². The number of hydrogen-bond donors (Lipinski definition) is 0. The Kier molecular flexibility index (Phi) is 15.5. The van der Waals surface area contributed by atoms with E-state index in [1.165, 1.54) is 12.4 Å². The van der Waals surface area contributed by atoms with E-state index in [0.717, 1.165) is 0 Å². The number of nitrogens with zero attached hydrogens (tertiary/aromatic N) is 2. The summed E-state index contributed by atoms with van der Waals surface area (Å²) in [5.41, 5.74) is 0.871. The van der Waals surface area contributed by atoms with Crippen LogP contribution in [-0.2, 0) is 34.7 Å². The van der Waals surface area contributed by atoms with Gasteiger partial charge >= 0.3 is 48.7 Å². The zero-order valence-corrected chi connectivity index (χ0v) is 20.5. The van der Waals surface area contributed by atoms with Gasteiger partial charge in [0, 0.05) is 12.4 Å². The Hall–Kier alpha value is -0.941. The van der Waals surface area contributed by atoms with Gasteiger partial charge in [0.25, 0.3) is 0 Å². The summed E-state index contributed by atoms with van der Waals surface area (Å²) in [6.45, 7) is 4.25. The summed E-state index contributed by atoms with van der Waals surface area (Å²) < 4.78 is 9.51. The molecule has 0 aliphatic heterocycles. The van der Waals surface area contributed by atoms with Crippen molar-refractivity contribution in [3.05, 3.63) is 47.8 Å². The molecule has 2 heterocycles. The molecule has 0 aliphatic rings. The van der Waals surface area contributed by atoms with Crippen molar-refractivity contribution in [2.24, 2.45) is 0 Å². The molecule has 2 rings (SSSR count). The van der Waals surface area contributed by atoms with Gasteiger partial charge in [-0.05, 0) is 26.0 Å². The molecule has 0 fully saturated rings. The first kappa shape index (κ1) is 26.1. The number of carbonyl (C=O) groups excluding carboxylic acids is 2. The van der Waals surface area contributed by atoms with Gasteiger partial charge < -0.3 is 34.7 Å². The summed E-state index contributed by atoms with van der Waals surface area (Å²) in [6, 6.07) is 6.41. The fraction of sp³-hybridized carbons (Fsp3) is 0.250. The molecule has 0 aromatic carbocycles. The fourth-order valence-corrected chi connectivity index (χ4v) is 1.67. The monoisotopic (exact) mass is 554 g/mol. The van der Waals surface area contributed by atoms with Crippen molar-refractivity contribution >= 4 is 73.9 Å². The quantitative estimate of drug-likeness (QED) is 0.324. The van der Waals surface area contributed by atoms with Crippen molar-refractivity contribution in [3.8, 4) is 0 Å². The second kappa shape index (κ2) is 16.1. The number of rotatable bonds is 4. The number of aromatic nitrogens is 2. The molecule has 0 atom stereocenters. The van der Waals surface area contributed by atoms with Crippen molar-refractivity contribution in [1.82, 2.24) is 9.97 Å². The van der Waals surface area contributed by atoms with Gasteiger partial charge in [0.05, 0.1) is 24.3 Å².